The van der Waals surface area contributed by atoms with E-state index in [1.54, 1.807) is 10.9 Å². The molecule has 0 spiro atoms. The van der Waals surface area contributed by atoms with Crippen molar-refractivity contribution in [1.82, 2.24) is 9.78 Å². The highest BCUT2D eigenvalue weighted by Crippen LogP contribution is 2.42. The van der Waals surface area contributed by atoms with Gasteiger partial charge in [-0.25, -0.2) is 0 Å². The second-order valence-corrected chi connectivity index (χ2v) is 3.11. The van der Waals surface area contributed by atoms with Gasteiger partial charge in [-0.3, -0.25) is 4.68 Å². The molecule has 0 unspecified atom stereocenters. The molecule has 0 atom stereocenters. The third-order valence-corrected chi connectivity index (χ3v) is 2.08. The molecule has 0 saturated heterocycles. The molecule has 1 aromatic heterocycles. The Morgan fingerprint density at radius 3 is 2.82 bits per heavy atom. The van der Waals surface area contributed by atoms with Gasteiger partial charge in [0.1, 0.15) is 5.54 Å². The van der Waals surface area contributed by atoms with Crippen molar-refractivity contribution in [2.24, 2.45) is 0 Å². The zero-order chi connectivity index (χ0) is 7.90. The molecular formula is C8H9N3. The Balaban J connectivity index is 2.38. The summed E-state index contributed by atoms with van der Waals surface area (Å²) < 4.78 is 1.78. The maximum atomic E-state index is 8.81. The quantitative estimate of drug-likeness (QED) is 0.599. The van der Waals surface area contributed by atoms with E-state index < -0.39 is 0 Å². The van der Waals surface area contributed by atoms with Crippen molar-refractivity contribution < 1.29 is 0 Å². The Kier molecular flexibility index (Phi) is 1.08. The Labute approximate surface area is 65.3 Å². The molecule has 1 heterocycles. The van der Waals surface area contributed by atoms with Gasteiger partial charge in [-0.1, -0.05) is 0 Å². The number of nitriles is 1. The molecule has 1 saturated carbocycles. The van der Waals surface area contributed by atoms with Gasteiger partial charge in [-0.05, 0) is 25.3 Å². The Hall–Kier alpha value is -1.30. The van der Waals surface area contributed by atoms with E-state index >= 15 is 0 Å². The molecular weight excluding hydrogens is 138 g/mol. The van der Waals surface area contributed by atoms with Crippen LogP contribution in [0, 0.1) is 18.3 Å². The fourth-order valence-corrected chi connectivity index (χ4v) is 1.16. The van der Waals surface area contributed by atoms with Crippen LogP contribution in [0.1, 0.15) is 18.4 Å². The molecule has 0 bridgehead atoms. The number of hydrogen-bond donors (Lipinski definition) is 0. The van der Waals surface area contributed by atoms with E-state index in [1.807, 2.05) is 13.1 Å². The molecule has 1 aliphatic carbocycles. The topological polar surface area (TPSA) is 41.6 Å². The molecule has 3 heteroatoms. The van der Waals surface area contributed by atoms with Crippen molar-refractivity contribution in [2.45, 2.75) is 25.3 Å². The molecule has 56 valence electrons. The highest BCUT2D eigenvalue weighted by Gasteiger charge is 2.45. The lowest BCUT2D eigenvalue weighted by atomic mass is 10.3. The number of aryl methyl sites for hydroxylation is 1. The van der Waals surface area contributed by atoms with E-state index in [9.17, 15) is 0 Å². The Bertz CT molecular complexity index is 314. The second kappa shape index (κ2) is 1.85. The van der Waals surface area contributed by atoms with Crippen molar-refractivity contribution >= 4 is 0 Å². The van der Waals surface area contributed by atoms with E-state index in [1.165, 1.54) is 0 Å². The zero-order valence-corrected chi connectivity index (χ0v) is 6.41. The molecule has 0 aromatic carbocycles. The maximum absolute atomic E-state index is 8.81. The van der Waals surface area contributed by atoms with Crippen molar-refractivity contribution in [1.29, 1.82) is 5.26 Å². The van der Waals surface area contributed by atoms with Gasteiger partial charge in [-0.15, -0.1) is 0 Å². The Morgan fingerprint density at radius 1 is 1.73 bits per heavy atom. The summed E-state index contributed by atoms with van der Waals surface area (Å²) in [7, 11) is 0. The average Bonchev–Trinajstić information content (AvgIpc) is 2.70. The van der Waals surface area contributed by atoms with Crippen molar-refractivity contribution in [3.05, 3.63) is 18.0 Å². The van der Waals surface area contributed by atoms with Crippen LogP contribution < -0.4 is 0 Å². The van der Waals surface area contributed by atoms with Gasteiger partial charge in [0.2, 0.25) is 0 Å². The van der Waals surface area contributed by atoms with Gasteiger partial charge < -0.3 is 0 Å². The van der Waals surface area contributed by atoms with Gasteiger partial charge in [0.15, 0.2) is 0 Å². The highest BCUT2D eigenvalue weighted by molar-refractivity contribution is 5.17. The van der Waals surface area contributed by atoms with Gasteiger partial charge in [0.25, 0.3) is 0 Å². The van der Waals surface area contributed by atoms with Gasteiger partial charge in [0.05, 0.1) is 12.3 Å². The van der Waals surface area contributed by atoms with Gasteiger partial charge in [0, 0.05) is 6.20 Å². The number of nitrogens with zero attached hydrogens (tertiary/aromatic N) is 3. The molecule has 2 rings (SSSR count). The van der Waals surface area contributed by atoms with Crippen molar-refractivity contribution in [3.63, 3.8) is 0 Å². The summed E-state index contributed by atoms with van der Waals surface area (Å²) in [5.41, 5.74) is 0.834. The smallest absolute Gasteiger partial charge is 0.149 e. The lowest BCUT2D eigenvalue weighted by Gasteiger charge is -2.03. The van der Waals surface area contributed by atoms with E-state index in [-0.39, 0.29) is 5.54 Å². The summed E-state index contributed by atoms with van der Waals surface area (Å²) >= 11 is 0. The van der Waals surface area contributed by atoms with Crippen LogP contribution in [-0.2, 0) is 5.54 Å². The molecule has 0 aliphatic heterocycles. The Morgan fingerprint density at radius 2 is 2.45 bits per heavy atom. The first-order valence-electron chi connectivity index (χ1n) is 3.70. The fourth-order valence-electron chi connectivity index (χ4n) is 1.16. The van der Waals surface area contributed by atoms with Crippen molar-refractivity contribution in [2.75, 3.05) is 0 Å². The van der Waals surface area contributed by atoms with E-state index in [2.05, 4.69) is 11.2 Å². The molecule has 1 aliphatic rings. The lowest BCUT2D eigenvalue weighted by molar-refractivity contribution is 0.536. The summed E-state index contributed by atoms with van der Waals surface area (Å²) in [4.78, 5) is 0. The summed E-state index contributed by atoms with van der Waals surface area (Å²) in [6, 6.07) is 2.28. The number of aromatic nitrogens is 2. The van der Waals surface area contributed by atoms with Crippen LogP contribution in [0.15, 0.2) is 12.4 Å². The predicted molar refractivity (Wildman–Crippen MR) is 39.8 cm³/mol. The molecule has 11 heavy (non-hydrogen) atoms. The van der Waals surface area contributed by atoms with Crippen molar-refractivity contribution in [3.8, 4) is 6.07 Å². The summed E-state index contributed by atoms with van der Waals surface area (Å²) in [6.45, 7) is 1.98. The normalized spacial score (nSPS) is 19.3. The van der Waals surface area contributed by atoms with Crippen LogP contribution in [0.2, 0.25) is 0 Å². The summed E-state index contributed by atoms with van der Waals surface area (Å²) in [5, 5.41) is 12.9. The lowest BCUT2D eigenvalue weighted by Crippen LogP contribution is -2.14. The average molecular weight is 147 g/mol. The number of rotatable bonds is 1. The third kappa shape index (κ3) is 0.829. The molecule has 0 amide bonds. The SMILES string of the molecule is Cc1cnn(C2(C#N)CC2)c1. The van der Waals surface area contributed by atoms with Crippen LogP contribution in [0.25, 0.3) is 0 Å². The first-order chi connectivity index (χ1) is 5.27. The minimum absolute atomic E-state index is 0.283. The third-order valence-electron chi connectivity index (χ3n) is 2.08. The standard InChI is InChI=1S/C8H9N3/c1-7-4-10-11(5-7)8(6-9)2-3-8/h4-5H,2-3H2,1H3. The van der Waals surface area contributed by atoms with Crippen LogP contribution in [0.5, 0.6) is 0 Å². The van der Waals surface area contributed by atoms with E-state index in [0.717, 1.165) is 18.4 Å². The first-order valence-corrected chi connectivity index (χ1v) is 3.70. The minimum atomic E-state index is -0.283. The fraction of sp³-hybridized carbons (Fsp3) is 0.500. The largest absolute Gasteiger partial charge is 0.252 e. The molecule has 0 N–H and O–H groups in total. The maximum Gasteiger partial charge on any atom is 0.149 e. The van der Waals surface area contributed by atoms with Crippen LogP contribution in [-0.4, -0.2) is 9.78 Å². The first kappa shape index (κ1) is 6.41. The zero-order valence-electron chi connectivity index (χ0n) is 6.41. The van der Waals surface area contributed by atoms with Gasteiger partial charge >= 0.3 is 0 Å². The molecule has 0 radical (unpaired) electrons. The molecule has 3 nitrogen and oxygen atoms in total. The van der Waals surface area contributed by atoms with Gasteiger partial charge in [-0.2, -0.15) is 10.4 Å². The minimum Gasteiger partial charge on any atom is -0.252 e. The second-order valence-electron chi connectivity index (χ2n) is 3.11. The summed E-state index contributed by atoms with van der Waals surface area (Å²) in [6.07, 6.45) is 5.61. The van der Waals surface area contributed by atoms with Crippen LogP contribution >= 0.6 is 0 Å². The monoisotopic (exact) mass is 147 g/mol. The van der Waals surface area contributed by atoms with E-state index in [0.29, 0.717) is 0 Å². The molecule has 1 fully saturated rings. The number of hydrogen-bond acceptors (Lipinski definition) is 2. The van der Waals surface area contributed by atoms with E-state index in [4.69, 9.17) is 5.26 Å². The summed E-state index contributed by atoms with van der Waals surface area (Å²) in [5.74, 6) is 0. The predicted octanol–water partition coefficient (Wildman–Crippen LogP) is 1.20. The highest BCUT2D eigenvalue weighted by atomic mass is 15.3. The molecule has 1 aromatic rings. The van der Waals surface area contributed by atoms with Crippen LogP contribution in [0.3, 0.4) is 0 Å². The van der Waals surface area contributed by atoms with Crippen LogP contribution in [0.4, 0.5) is 0 Å².